The highest BCUT2D eigenvalue weighted by molar-refractivity contribution is 7.26. The molecule has 9 rings (SSSR count). The van der Waals surface area contributed by atoms with E-state index in [0.29, 0.717) is 0 Å². The number of fused-ring (bicyclic) bond motifs is 10. The SMILES string of the molecule is CC1(C)c2ccccc2-c2cc(N(c3ccccc3)c3ccc4c(c3)[Si](C)(C)c3ccc5c(sc6ccccc65)c3-4)ccc21. The molecule has 1 aliphatic carbocycles. The first-order valence-corrected chi connectivity index (χ1v) is 19.3. The van der Waals surface area contributed by atoms with Crippen LogP contribution in [0, 0.1) is 0 Å². The van der Waals surface area contributed by atoms with Gasteiger partial charge in [-0.3, -0.25) is 0 Å². The van der Waals surface area contributed by atoms with E-state index in [1.54, 1.807) is 5.19 Å². The van der Waals surface area contributed by atoms with Gasteiger partial charge in [0.05, 0.1) is 0 Å². The molecular formula is C41H33NSSi. The normalized spacial score (nSPS) is 15.2. The monoisotopic (exact) mass is 599 g/mol. The summed E-state index contributed by atoms with van der Waals surface area (Å²) < 4.78 is 2.81. The average Bonchev–Trinajstić information content (AvgIpc) is 3.62. The zero-order valence-corrected chi connectivity index (χ0v) is 27.3. The topological polar surface area (TPSA) is 3.24 Å². The standard InChI is InChI=1S/C41H33NSSi/c1-41(2)34-16-10-8-14-29(34)33-24-27(19-22-35(33)41)42(26-12-6-5-7-13-26)28-18-20-32-38(25-28)44(3,4)37-23-21-31-30-15-9-11-17-36(30)43-40(31)39(32)37/h5-25H,1-4H3. The van der Waals surface area contributed by atoms with E-state index in [1.165, 1.54) is 75.8 Å². The smallest absolute Gasteiger partial charge is 0.114 e. The van der Waals surface area contributed by atoms with Gasteiger partial charge < -0.3 is 4.90 Å². The molecule has 3 heteroatoms. The second-order valence-corrected chi connectivity index (χ2v) is 18.8. The van der Waals surface area contributed by atoms with Gasteiger partial charge in [0.15, 0.2) is 0 Å². The van der Waals surface area contributed by atoms with Crippen LogP contribution >= 0.6 is 11.3 Å². The molecule has 44 heavy (non-hydrogen) atoms. The Morgan fingerprint density at radius 3 is 2.11 bits per heavy atom. The molecule has 0 atom stereocenters. The predicted octanol–water partition coefficient (Wildman–Crippen LogP) is 10.6. The van der Waals surface area contributed by atoms with Crippen molar-refractivity contribution in [1.82, 2.24) is 0 Å². The molecule has 0 fully saturated rings. The van der Waals surface area contributed by atoms with E-state index in [-0.39, 0.29) is 5.41 Å². The summed E-state index contributed by atoms with van der Waals surface area (Å²) in [5.74, 6) is 0. The molecule has 2 aliphatic rings. The second-order valence-electron chi connectivity index (χ2n) is 13.4. The van der Waals surface area contributed by atoms with E-state index in [0.717, 1.165) is 0 Å². The molecule has 1 aliphatic heterocycles. The lowest BCUT2D eigenvalue weighted by Crippen LogP contribution is -2.49. The van der Waals surface area contributed by atoms with Gasteiger partial charge in [-0.25, -0.2) is 0 Å². The molecule has 0 saturated heterocycles. The Labute approximate surface area is 264 Å². The van der Waals surface area contributed by atoms with Crippen molar-refractivity contribution in [2.75, 3.05) is 4.90 Å². The Balaban J connectivity index is 1.24. The number of rotatable bonds is 3. The van der Waals surface area contributed by atoms with Crippen LogP contribution in [0.5, 0.6) is 0 Å². The molecule has 0 spiro atoms. The number of hydrogen-bond acceptors (Lipinski definition) is 2. The van der Waals surface area contributed by atoms with E-state index in [9.17, 15) is 0 Å². The maximum atomic E-state index is 2.53. The van der Waals surface area contributed by atoms with Crippen molar-refractivity contribution in [1.29, 1.82) is 0 Å². The fourth-order valence-electron chi connectivity index (χ4n) is 8.00. The number of hydrogen-bond donors (Lipinski definition) is 0. The number of thiophene rings is 1. The zero-order valence-electron chi connectivity index (χ0n) is 25.5. The van der Waals surface area contributed by atoms with Crippen LogP contribution in [0.2, 0.25) is 13.1 Å². The summed E-state index contributed by atoms with van der Waals surface area (Å²) >= 11 is 1.95. The van der Waals surface area contributed by atoms with Crippen molar-refractivity contribution in [3.8, 4) is 22.3 Å². The molecule has 7 aromatic rings. The lowest BCUT2D eigenvalue weighted by Gasteiger charge is -2.28. The van der Waals surface area contributed by atoms with Crippen molar-refractivity contribution in [2.45, 2.75) is 32.4 Å². The predicted molar refractivity (Wildman–Crippen MR) is 194 cm³/mol. The third-order valence-corrected chi connectivity index (χ3v) is 15.0. The first-order valence-electron chi connectivity index (χ1n) is 15.5. The van der Waals surface area contributed by atoms with Crippen LogP contribution in [0.1, 0.15) is 25.0 Å². The Morgan fingerprint density at radius 2 is 1.25 bits per heavy atom. The summed E-state index contributed by atoms with van der Waals surface area (Å²) in [6.07, 6.45) is 0. The van der Waals surface area contributed by atoms with Gasteiger partial charge in [0.25, 0.3) is 0 Å². The maximum Gasteiger partial charge on any atom is 0.114 e. The molecular weight excluding hydrogens is 567 g/mol. The highest BCUT2D eigenvalue weighted by Gasteiger charge is 2.40. The van der Waals surface area contributed by atoms with Crippen molar-refractivity contribution < 1.29 is 0 Å². The van der Waals surface area contributed by atoms with E-state index in [4.69, 9.17) is 0 Å². The molecule has 1 nitrogen and oxygen atoms in total. The van der Waals surface area contributed by atoms with E-state index in [1.807, 2.05) is 11.3 Å². The minimum atomic E-state index is -1.93. The average molecular weight is 600 g/mol. The largest absolute Gasteiger partial charge is 0.310 e. The quantitative estimate of drug-likeness (QED) is 0.183. The molecule has 0 saturated carbocycles. The van der Waals surface area contributed by atoms with Crippen LogP contribution in [0.25, 0.3) is 42.4 Å². The van der Waals surface area contributed by atoms with E-state index >= 15 is 0 Å². The maximum absolute atomic E-state index is 2.53. The fourth-order valence-corrected chi connectivity index (χ4v) is 12.4. The molecule has 0 unspecified atom stereocenters. The van der Waals surface area contributed by atoms with Gasteiger partial charge in [-0.1, -0.05) is 112 Å². The molecule has 0 amide bonds. The van der Waals surface area contributed by atoms with Gasteiger partial charge in [0.2, 0.25) is 0 Å². The summed E-state index contributed by atoms with van der Waals surface area (Å²) in [6, 6.07) is 47.9. The number of anilines is 3. The summed E-state index contributed by atoms with van der Waals surface area (Å²) in [4.78, 5) is 2.46. The van der Waals surface area contributed by atoms with Crippen molar-refractivity contribution in [2.24, 2.45) is 0 Å². The lowest BCUT2D eigenvalue weighted by atomic mass is 9.82. The summed E-state index contributed by atoms with van der Waals surface area (Å²) in [5.41, 5.74) is 12.0. The first kappa shape index (κ1) is 26.0. The molecule has 0 bridgehead atoms. The number of benzene rings is 6. The highest BCUT2D eigenvalue weighted by atomic mass is 32.1. The van der Waals surface area contributed by atoms with Crippen LogP contribution in [-0.2, 0) is 5.41 Å². The molecule has 212 valence electrons. The van der Waals surface area contributed by atoms with Gasteiger partial charge in [0, 0.05) is 42.6 Å². The number of nitrogens with zero attached hydrogens (tertiary/aromatic N) is 1. The van der Waals surface area contributed by atoms with Crippen LogP contribution < -0.4 is 15.3 Å². The van der Waals surface area contributed by atoms with Crippen LogP contribution in [0.4, 0.5) is 17.1 Å². The minimum absolute atomic E-state index is 0.00503. The van der Waals surface area contributed by atoms with Crippen LogP contribution in [0.15, 0.2) is 127 Å². The summed E-state index contributed by atoms with van der Waals surface area (Å²) in [5, 5.41) is 5.85. The third kappa shape index (κ3) is 3.45. The van der Waals surface area contributed by atoms with Crippen LogP contribution in [0.3, 0.4) is 0 Å². The molecule has 2 heterocycles. The molecule has 0 N–H and O–H groups in total. The fraction of sp³-hybridized carbons (Fsp3) is 0.122. The third-order valence-electron chi connectivity index (χ3n) is 10.3. The number of para-hydroxylation sites is 1. The highest BCUT2D eigenvalue weighted by Crippen LogP contribution is 2.51. The van der Waals surface area contributed by atoms with Gasteiger partial charge in [-0.15, -0.1) is 11.3 Å². The second kappa shape index (κ2) is 9.04. The molecule has 0 radical (unpaired) electrons. The Kier molecular flexibility index (Phi) is 5.34. The van der Waals surface area contributed by atoms with E-state index < -0.39 is 8.07 Å². The van der Waals surface area contributed by atoms with Gasteiger partial charge in [-0.05, 0) is 86.2 Å². The van der Waals surface area contributed by atoms with Crippen molar-refractivity contribution >= 4 is 67.0 Å². The molecule has 1 aromatic heterocycles. The van der Waals surface area contributed by atoms with Gasteiger partial charge >= 0.3 is 0 Å². The summed E-state index contributed by atoms with van der Waals surface area (Å²) in [7, 11) is -1.93. The van der Waals surface area contributed by atoms with Gasteiger partial charge in [-0.2, -0.15) is 0 Å². The Morgan fingerprint density at radius 1 is 0.545 bits per heavy atom. The van der Waals surface area contributed by atoms with Crippen LogP contribution in [-0.4, -0.2) is 8.07 Å². The van der Waals surface area contributed by atoms with Crippen molar-refractivity contribution in [3.63, 3.8) is 0 Å². The Bertz CT molecular complexity index is 2290. The first-order chi connectivity index (χ1) is 21.3. The van der Waals surface area contributed by atoms with Crippen molar-refractivity contribution in [3.05, 3.63) is 139 Å². The lowest BCUT2D eigenvalue weighted by molar-refractivity contribution is 0.660. The zero-order chi connectivity index (χ0) is 29.8. The summed E-state index contributed by atoms with van der Waals surface area (Å²) in [6.45, 7) is 9.76. The Hall–Kier alpha value is -4.44. The molecule has 6 aromatic carbocycles. The van der Waals surface area contributed by atoms with Gasteiger partial charge in [0.1, 0.15) is 8.07 Å². The van der Waals surface area contributed by atoms with E-state index in [2.05, 4.69) is 159 Å². The minimum Gasteiger partial charge on any atom is -0.310 e.